The van der Waals surface area contributed by atoms with Crippen molar-refractivity contribution in [3.8, 4) is 0 Å². The van der Waals surface area contributed by atoms with E-state index in [0.717, 1.165) is 0 Å². The highest BCUT2D eigenvalue weighted by molar-refractivity contribution is 6.31. The lowest BCUT2D eigenvalue weighted by Gasteiger charge is -2.41. The number of hydrogen-bond donors (Lipinski definition) is 1. The second-order valence-electron chi connectivity index (χ2n) is 4.39. The summed E-state index contributed by atoms with van der Waals surface area (Å²) in [5.74, 6) is -0.640. The van der Waals surface area contributed by atoms with Crippen LogP contribution in [0.3, 0.4) is 0 Å². The van der Waals surface area contributed by atoms with Crippen molar-refractivity contribution in [2.75, 3.05) is 16.1 Å². The van der Waals surface area contributed by atoms with E-state index in [-0.39, 0.29) is 17.7 Å². The number of hydrogen-bond acceptors (Lipinski definition) is 2. The predicted octanol–water partition coefficient (Wildman–Crippen LogP) is 1.99. The minimum absolute atomic E-state index is 0.148. The van der Waals surface area contributed by atoms with Gasteiger partial charge in [0.1, 0.15) is 11.4 Å². The van der Waals surface area contributed by atoms with Crippen LogP contribution in [0.15, 0.2) is 24.3 Å². The number of nitrogens with one attached hydrogen (secondary N) is 1. The number of amides is 2. The van der Waals surface area contributed by atoms with Gasteiger partial charge >= 0.3 is 0 Å². The third kappa shape index (κ3) is 1.78. The quantitative estimate of drug-likeness (QED) is 0.777. The minimum Gasteiger partial charge on any atom is -0.322 e. The molecule has 1 aromatic carbocycles. The summed E-state index contributed by atoms with van der Waals surface area (Å²) in [6, 6.07) is 7.18. The fourth-order valence-corrected chi connectivity index (χ4v) is 2.08. The molecule has 4 nitrogen and oxygen atoms in total. The number of benzene rings is 1. The number of fused-ring (bicyclic) bond motifs is 1. The van der Waals surface area contributed by atoms with Gasteiger partial charge in [0.25, 0.3) is 0 Å². The maximum atomic E-state index is 12.0. The second kappa shape index (κ2) is 4.04. The molecular weight excluding hydrogens is 240 g/mol. The monoisotopic (exact) mass is 252 g/mol. The molecule has 0 aromatic heterocycles. The van der Waals surface area contributed by atoms with Crippen LogP contribution < -0.4 is 10.2 Å². The zero-order valence-corrected chi connectivity index (χ0v) is 10.4. The van der Waals surface area contributed by atoms with Crippen LogP contribution in [-0.4, -0.2) is 23.2 Å². The van der Waals surface area contributed by atoms with E-state index in [1.165, 1.54) is 4.90 Å². The molecule has 0 saturated heterocycles. The van der Waals surface area contributed by atoms with Crippen LogP contribution in [-0.2, 0) is 9.59 Å². The highest BCUT2D eigenvalue weighted by atomic mass is 35.5. The standard InChI is InChI=1S/C12H13ClN2O2/c1-12(2)11(17)14-8-5-3-4-6-9(8)15(12)10(16)7-13/h3-6H,7H2,1-2H3,(H,14,17). The van der Waals surface area contributed by atoms with Gasteiger partial charge < -0.3 is 5.32 Å². The molecule has 0 radical (unpaired) electrons. The molecule has 5 heteroatoms. The molecule has 0 spiro atoms. The number of anilines is 2. The first-order valence-electron chi connectivity index (χ1n) is 5.28. The van der Waals surface area contributed by atoms with Crippen molar-refractivity contribution in [3.63, 3.8) is 0 Å². The SMILES string of the molecule is CC1(C)C(=O)Nc2ccccc2N1C(=O)CCl. The molecular formula is C12H13ClN2O2. The molecule has 1 heterocycles. The number of para-hydroxylation sites is 2. The minimum atomic E-state index is -0.930. The molecule has 0 fully saturated rings. The van der Waals surface area contributed by atoms with Gasteiger partial charge in [-0.2, -0.15) is 0 Å². The smallest absolute Gasteiger partial charge is 0.250 e. The number of carbonyl (C=O) groups is 2. The summed E-state index contributed by atoms with van der Waals surface area (Å²) < 4.78 is 0. The van der Waals surface area contributed by atoms with Gasteiger partial charge in [-0.1, -0.05) is 12.1 Å². The van der Waals surface area contributed by atoms with E-state index < -0.39 is 5.54 Å². The molecule has 17 heavy (non-hydrogen) atoms. The van der Waals surface area contributed by atoms with Gasteiger partial charge in [-0.3, -0.25) is 14.5 Å². The van der Waals surface area contributed by atoms with Gasteiger partial charge in [-0.15, -0.1) is 11.6 Å². The van der Waals surface area contributed by atoms with Gasteiger partial charge in [0.05, 0.1) is 11.4 Å². The molecule has 1 aromatic rings. The van der Waals surface area contributed by atoms with Crippen molar-refractivity contribution in [2.24, 2.45) is 0 Å². The summed E-state index contributed by atoms with van der Waals surface area (Å²) >= 11 is 5.60. The van der Waals surface area contributed by atoms with E-state index in [1.807, 2.05) is 6.07 Å². The normalized spacial score (nSPS) is 17.4. The van der Waals surface area contributed by atoms with Crippen molar-refractivity contribution in [1.82, 2.24) is 0 Å². The lowest BCUT2D eigenvalue weighted by atomic mass is 9.96. The molecule has 2 amide bonds. The lowest BCUT2D eigenvalue weighted by molar-refractivity contribution is -0.125. The molecule has 1 aliphatic rings. The van der Waals surface area contributed by atoms with E-state index in [2.05, 4.69) is 5.32 Å². The highest BCUT2D eigenvalue weighted by Crippen LogP contribution is 2.36. The van der Waals surface area contributed by atoms with Gasteiger partial charge in [-0.25, -0.2) is 0 Å². The van der Waals surface area contributed by atoms with Crippen molar-refractivity contribution in [1.29, 1.82) is 0 Å². The van der Waals surface area contributed by atoms with Crippen molar-refractivity contribution in [3.05, 3.63) is 24.3 Å². The second-order valence-corrected chi connectivity index (χ2v) is 4.66. The Hall–Kier alpha value is -1.55. The zero-order chi connectivity index (χ0) is 12.6. The van der Waals surface area contributed by atoms with Gasteiger partial charge in [0.2, 0.25) is 11.8 Å². The molecule has 0 unspecified atom stereocenters. The van der Waals surface area contributed by atoms with Crippen molar-refractivity contribution >= 4 is 34.8 Å². The number of halogens is 1. The Balaban J connectivity index is 2.59. The molecule has 0 atom stereocenters. The molecule has 1 N–H and O–H groups in total. The molecule has 0 bridgehead atoms. The van der Waals surface area contributed by atoms with Crippen molar-refractivity contribution in [2.45, 2.75) is 19.4 Å². The fourth-order valence-electron chi connectivity index (χ4n) is 1.96. The average Bonchev–Trinajstić information content (AvgIpc) is 2.29. The Labute approximate surface area is 105 Å². The van der Waals surface area contributed by atoms with Gasteiger partial charge in [0, 0.05) is 0 Å². The van der Waals surface area contributed by atoms with E-state index in [0.29, 0.717) is 11.4 Å². The molecule has 90 valence electrons. The molecule has 0 aliphatic carbocycles. The molecule has 1 aliphatic heterocycles. The maximum absolute atomic E-state index is 12.0. The first-order chi connectivity index (χ1) is 7.98. The van der Waals surface area contributed by atoms with E-state index in [9.17, 15) is 9.59 Å². The Morgan fingerprint density at radius 3 is 2.71 bits per heavy atom. The summed E-state index contributed by atoms with van der Waals surface area (Å²) in [5, 5.41) is 2.78. The third-order valence-corrected chi connectivity index (χ3v) is 3.10. The Kier molecular flexibility index (Phi) is 2.83. The third-order valence-electron chi connectivity index (χ3n) is 2.87. The van der Waals surface area contributed by atoms with Crippen LogP contribution in [0.4, 0.5) is 11.4 Å². The maximum Gasteiger partial charge on any atom is 0.250 e. The molecule has 2 rings (SSSR count). The van der Waals surface area contributed by atoms with Crippen molar-refractivity contribution < 1.29 is 9.59 Å². The average molecular weight is 253 g/mol. The summed E-state index contributed by atoms with van der Waals surface area (Å²) in [4.78, 5) is 25.3. The number of nitrogens with zero attached hydrogens (tertiary/aromatic N) is 1. The first-order valence-corrected chi connectivity index (χ1v) is 5.81. The zero-order valence-electron chi connectivity index (χ0n) is 9.66. The van der Waals surface area contributed by atoms with Gasteiger partial charge in [0.15, 0.2) is 0 Å². The topological polar surface area (TPSA) is 49.4 Å². The van der Waals surface area contributed by atoms with Crippen LogP contribution in [0, 0.1) is 0 Å². The highest BCUT2D eigenvalue weighted by Gasteiger charge is 2.42. The number of carbonyl (C=O) groups excluding carboxylic acids is 2. The summed E-state index contributed by atoms with van der Waals surface area (Å²) in [5.41, 5.74) is 0.387. The van der Waals surface area contributed by atoms with E-state index >= 15 is 0 Å². The number of rotatable bonds is 1. The van der Waals surface area contributed by atoms with Crippen LogP contribution in [0.2, 0.25) is 0 Å². The lowest BCUT2D eigenvalue weighted by Crippen LogP contribution is -2.58. The van der Waals surface area contributed by atoms with E-state index in [4.69, 9.17) is 11.6 Å². The summed E-state index contributed by atoms with van der Waals surface area (Å²) in [6.07, 6.45) is 0. The molecule has 0 saturated carbocycles. The fraction of sp³-hybridized carbons (Fsp3) is 0.333. The van der Waals surface area contributed by atoms with E-state index in [1.54, 1.807) is 32.0 Å². The largest absolute Gasteiger partial charge is 0.322 e. The van der Waals surface area contributed by atoms with Crippen LogP contribution in [0.25, 0.3) is 0 Å². The Morgan fingerprint density at radius 1 is 1.41 bits per heavy atom. The Morgan fingerprint density at radius 2 is 2.06 bits per heavy atom. The van der Waals surface area contributed by atoms with Crippen LogP contribution in [0.5, 0.6) is 0 Å². The first kappa shape index (κ1) is 11.9. The van der Waals surface area contributed by atoms with Crippen LogP contribution >= 0.6 is 11.6 Å². The van der Waals surface area contributed by atoms with Gasteiger partial charge in [-0.05, 0) is 26.0 Å². The Bertz CT molecular complexity index is 485. The van der Waals surface area contributed by atoms with Crippen LogP contribution in [0.1, 0.15) is 13.8 Å². The predicted molar refractivity (Wildman–Crippen MR) is 67.4 cm³/mol. The number of alkyl halides is 1. The summed E-state index contributed by atoms with van der Waals surface area (Å²) in [6.45, 7) is 3.39. The summed E-state index contributed by atoms with van der Waals surface area (Å²) in [7, 11) is 0.